The van der Waals surface area contributed by atoms with Gasteiger partial charge in [-0.25, -0.2) is 0 Å². The SMILES string of the molecule is CCN(CCC(O)c1ccc(Br)cc1Cl)C1CCCC1. The van der Waals surface area contributed by atoms with Gasteiger partial charge in [0, 0.05) is 22.1 Å². The van der Waals surface area contributed by atoms with Gasteiger partial charge < -0.3 is 10.0 Å². The Balaban J connectivity index is 1.91. The van der Waals surface area contributed by atoms with E-state index in [1.807, 2.05) is 18.2 Å². The molecule has 0 radical (unpaired) electrons. The van der Waals surface area contributed by atoms with Gasteiger partial charge in [0.05, 0.1) is 6.10 Å². The van der Waals surface area contributed by atoms with Crippen molar-refractivity contribution in [3.05, 3.63) is 33.3 Å². The maximum Gasteiger partial charge on any atom is 0.0816 e. The fraction of sp³-hybridized carbons (Fsp3) is 0.625. The second-order valence-electron chi connectivity index (χ2n) is 5.54. The molecule has 1 atom stereocenters. The van der Waals surface area contributed by atoms with Crippen molar-refractivity contribution in [2.45, 2.75) is 51.2 Å². The van der Waals surface area contributed by atoms with Crippen LogP contribution in [0.2, 0.25) is 5.02 Å². The summed E-state index contributed by atoms with van der Waals surface area (Å²) in [5.41, 5.74) is 0.831. The van der Waals surface area contributed by atoms with Gasteiger partial charge in [-0.3, -0.25) is 0 Å². The smallest absolute Gasteiger partial charge is 0.0816 e. The zero-order chi connectivity index (χ0) is 14.5. The molecule has 1 unspecified atom stereocenters. The van der Waals surface area contributed by atoms with E-state index in [1.54, 1.807) is 0 Å². The third kappa shape index (κ3) is 4.20. The standard InChI is InChI=1S/C16H23BrClNO/c1-2-19(13-5-3-4-6-13)10-9-16(20)14-8-7-12(17)11-15(14)18/h7-8,11,13,16,20H,2-6,9-10H2,1H3. The molecule has 1 saturated carbocycles. The van der Waals surface area contributed by atoms with Crippen molar-refractivity contribution in [3.8, 4) is 0 Å². The Morgan fingerprint density at radius 1 is 1.40 bits per heavy atom. The Labute approximate surface area is 135 Å². The molecular formula is C16H23BrClNO. The number of hydrogen-bond acceptors (Lipinski definition) is 2. The summed E-state index contributed by atoms with van der Waals surface area (Å²) >= 11 is 9.59. The van der Waals surface area contributed by atoms with Crippen LogP contribution < -0.4 is 0 Å². The summed E-state index contributed by atoms with van der Waals surface area (Å²) in [7, 11) is 0. The molecule has 112 valence electrons. The van der Waals surface area contributed by atoms with Crippen LogP contribution in [0, 0.1) is 0 Å². The molecule has 20 heavy (non-hydrogen) atoms. The van der Waals surface area contributed by atoms with Gasteiger partial charge in [0.2, 0.25) is 0 Å². The summed E-state index contributed by atoms with van der Waals surface area (Å²) < 4.78 is 0.944. The third-order valence-corrected chi connectivity index (χ3v) is 5.08. The largest absolute Gasteiger partial charge is 0.388 e. The minimum Gasteiger partial charge on any atom is -0.388 e. The van der Waals surface area contributed by atoms with Crippen LogP contribution >= 0.6 is 27.5 Å². The Bertz CT molecular complexity index is 434. The lowest BCUT2D eigenvalue weighted by molar-refractivity contribution is 0.127. The summed E-state index contributed by atoms with van der Waals surface area (Å²) in [5.74, 6) is 0. The summed E-state index contributed by atoms with van der Waals surface area (Å²) in [6.07, 6.45) is 5.58. The van der Waals surface area contributed by atoms with Gasteiger partial charge in [-0.15, -0.1) is 0 Å². The van der Waals surface area contributed by atoms with Crippen molar-refractivity contribution in [2.75, 3.05) is 13.1 Å². The van der Waals surface area contributed by atoms with Gasteiger partial charge in [-0.05, 0) is 43.5 Å². The highest BCUT2D eigenvalue weighted by Crippen LogP contribution is 2.29. The van der Waals surface area contributed by atoms with E-state index in [2.05, 4.69) is 27.8 Å². The first-order valence-electron chi connectivity index (χ1n) is 7.49. The lowest BCUT2D eigenvalue weighted by Crippen LogP contribution is -2.34. The zero-order valence-electron chi connectivity index (χ0n) is 12.0. The summed E-state index contributed by atoms with van der Waals surface area (Å²) in [4.78, 5) is 2.50. The molecule has 1 fully saturated rings. The fourth-order valence-electron chi connectivity index (χ4n) is 3.08. The van der Waals surface area contributed by atoms with E-state index < -0.39 is 6.10 Å². The maximum absolute atomic E-state index is 10.4. The molecule has 0 saturated heterocycles. The van der Waals surface area contributed by atoms with Crippen molar-refractivity contribution in [1.29, 1.82) is 0 Å². The number of halogens is 2. The lowest BCUT2D eigenvalue weighted by Gasteiger charge is -2.28. The molecule has 0 amide bonds. The molecule has 0 aliphatic heterocycles. The van der Waals surface area contributed by atoms with Gasteiger partial charge in [-0.2, -0.15) is 0 Å². The van der Waals surface area contributed by atoms with E-state index in [1.165, 1.54) is 25.7 Å². The molecule has 2 nitrogen and oxygen atoms in total. The molecule has 1 N–H and O–H groups in total. The molecule has 0 spiro atoms. The average Bonchev–Trinajstić information content (AvgIpc) is 2.93. The molecule has 1 aromatic carbocycles. The predicted molar refractivity (Wildman–Crippen MR) is 88.2 cm³/mol. The van der Waals surface area contributed by atoms with Crippen LogP contribution in [0.15, 0.2) is 22.7 Å². The zero-order valence-corrected chi connectivity index (χ0v) is 14.3. The van der Waals surface area contributed by atoms with Gasteiger partial charge in [0.25, 0.3) is 0 Å². The first-order valence-corrected chi connectivity index (χ1v) is 8.66. The second kappa shape index (κ2) is 7.79. The molecule has 0 heterocycles. The monoisotopic (exact) mass is 359 g/mol. The molecule has 2 rings (SSSR count). The Hall–Kier alpha value is -0.0900. The summed E-state index contributed by atoms with van der Waals surface area (Å²) in [6, 6.07) is 6.39. The molecule has 4 heteroatoms. The van der Waals surface area contributed by atoms with Crippen molar-refractivity contribution >= 4 is 27.5 Å². The van der Waals surface area contributed by atoms with Crippen molar-refractivity contribution in [2.24, 2.45) is 0 Å². The molecule has 1 aromatic rings. The predicted octanol–water partition coefficient (Wildman–Crippen LogP) is 4.79. The van der Waals surface area contributed by atoms with E-state index in [9.17, 15) is 5.11 Å². The Morgan fingerprint density at radius 2 is 2.10 bits per heavy atom. The third-order valence-electron chi connectivity index (χ3n) is 4.26. The number of nitrogens with zero attached hydrogens (tertiary/aromatic N) is 1. The Kier molecular flexibility index (Phi) is 6.34. The van der Waals surface area contributed by atoms with Crippen molar-refractivity contribution in [3.63, 3.8) is 0 Å². The number of rotatable bonds is 6. The van der Waals surface area contributed by atoms with Crippen molar-refractivity contribution < 1.29 is 5.11 Å². The van der Waals surface area contributed by atoms with E-state index in [0.29, 0.717) is 11.1 Å². The van der Waals surface area contributed by atoms with Crippen LogP contribution in [0.4, 0.5) is 0 Å². The van der Waals surface area contributed by atoms with Crippen LogP contribution in [0.25, 0.3) is 0 Å². The highest BCUT2D eigenvalue weighted by atomic mass is 79.9. The second-order valence-corrected chi connectivity index (χ2v) is 6.86. The molecule has 0 bridgehead atoms. The number of aliphatic hydroxyl groups is 1. The fourth-order valence-corrected chi connectivity index (χ4v) is 3.88. The van der Waals surface area contributed by atoms with Crippen LogP contribution in [0.3, 0.4) is 0 Å². The van der Waals surface area contributed by atoms with Gasteiger partial charge in [0.15, 0.2) is 0 Å². The minimum atomic E-state index is -0.481. The molecule has 0 aromatic heterocycles. The van der Waals surface area contributed by atoms with Crippen LogP contribution in [0.5, 0.6) is 0 Å². The van der Waals surface area contributed by atoms with Gasteiger partial charge >= 0.3 is 0 Å². The summed E-state index contributed by atoms with van der Waals surface area (Å²) in [5, 5.41) is 11.0. The van der Waals surface area contributed by atoms with E-state index in [4.69, 9.17) is 11.6 Å². The number of aliphatic hydroxyl groups excluding tert-OH is 1. The van der Waals surface area contributed by atoms with Gasteiger partial charge in [-0.1, -0.05) is 53.4 Å². The van der Waals surface area contributed by atoms with E-state index in [0.717, 1.165) is 29.5 Å². The van der Waals surface area contributed by atoms with Crippen LogP contribution in [-0.4, -0.2) is 29.1 Å². The normalized spacial score (nSPS) is 17.9. The van der Waals surface area contributed by atoms with Crippen LogP contribution in [0.1, 0.15) is 50.7 Å². The average molecular weight is 361 g/mol. The minimum absolute atomic E-state index is 0.481. The van der Waals surface area contributed by atoms with Crippen LogP contribution in [-0.2, 0) is 0 Å². The highest BCUT2D eigenvalue weighted by molar-refractivity contribution is 9.10. The Morgan fingerprint density at radius 3 is 2.70 bits per heavy atom. The van der Waals surface area contributed by atoms with Gasteiger partial charge in [0.1, 0.15) is 0 Å². The first-order chi connectivity index (χ1) is 9.61. The maximum atomic E-state index is 10.4. The highest BCUT2D eigenvalue weighted by Gasteiger charge is 2.22. The molecule has 1 aliphatic rings. The molecular weight excluding hydrogens is 338 g/mol. The van der Waals surface area contributed by atoms with E-state index in [-0.39, 0.29) is 0 Å². The number of hydrogen-bond donors (Lipinski definition) is 1. The van der Waals surface area contributed by atoms with E-state index >= 15 is 0 Å². The first kappa shape index (κ1) is 16.3. The summed E-state index contributed by atoms with van der Waals surface area (Å²) in [6.45, 7) is 4.21. The molecule has 1 aliphatic carbocycles. The number of benzene rings is 1. The lowest BCUT2D eigenvalue weighted by atomic mass is 10.1. The topological polar surface area (TPSA) is 23.5 Å². The van der Waals surface area contributed by atoms with Crippen molar-refractivity contribution in [1.82, 2.24) is 4.90 Å². The quantitative estimate of drug-likeness (QED) is 0.788.